The van der Waals surface area contributed by atoms with E-state index in [9.17, 15) is 13.2 Å². The summed E-state index contributed by atoms with van der Waals surface area (Å²) in [6, 6.07) is 12.2. The molecule has 2 aromatic rings. The number of ether oxygens (including phenoxy) is 2. The van der Waals surface area contributed by atoms with Gasteiger partial charge in [0.1, 0.15) is 11.9 Å². The summed E-state index contributed by atoms with van der Waals surface area (Å²) in [4.78, 5) is 11.5. The van der Waals surface area contributed by atoms with Gasteiger partial charge in [-0.3, -0.25) is 8.98 Å². The van der Waals surface area contributed by atoms with Crippen LogP contribution in [0.2, 0.25) is 0 Å². The maximum absolute atomic E-state index is 11.8. The van der Waals surface area contributed by atoms with E-state index in [-0.39, 0.29) is 23.6 Å². The fourth-order valence-corrected chi connectivity index (χ4v) is 3.20. The van der Waals surface area contributed by atoms with Crippen molar-refractivity contribution in [3.8, 4) is 17.2 Å². The lowest BCUT2D eigenvalue weighted by molar-refractivity contribution is -0.132. The monoisotopic (exact) mass is 435 g/mol. The minimum absolute atomic E-state index is 0.230. The van der Waals surface area contributed by atoms with Gasteiger partial charge in [0, 0.05) is 19.0 Å². The van der Waals surface area contributed by atoms with Crippen LogP contribution in [0.4, 0.5) is 0 Å². The second-order valence-corrected chi connectivity index (χ2v) is 9.74. The first-order valence-electron chi connectivity index (χ1n) is 9.52. The minimum Gasteiger partial charge on any atom is -0.453 e. The van der Waals surface area contributed by atoms with Crippen LogP contribution in [0, 0.1) is 6.92 Å². The Labute approximate surface area is 178 Å². The molecule has 0 heterocycles. The summed E-state index contributed by atoms with van der Waals surface area (Å²) in [5.41, 5.74) is 1.40. The molecule has 7 nitrogen and oxygen atoms in total. The highest BCUT2D eigenvalue weighted by molar-refractivity contribution is 7.86. The number of nitrogens with one attached hydrogen (secondary N) is 1. The molecule has 0 aliphatic carbocycles. The maximum atomic E-state index is 11.8. The van der Waals surface area contributed by atoms with Crippen molar-refractivity contribution in [2.45, 2.75) is 46.3 Å². The van der Waals surface area contributed by atoms with Gasteiger partial charge in [-0.05, 0) is 57.5 Å². The molecule has 1 atom stereocenters. The molecule has 0 amide bonds. The Morgan fingerprint density at radius 2 is 1.70 bits per heavy atom. The van der Waals surface area contributed by atoms with Gasteiger partial charge in [-0.25, -0.2) is 0 Å². The average molecular weight is 436 g/mol. The Hall–Kier alpha value is -2.42. The van der Waals surface area contributed by atoms with Gasteiger partial charge in [0.25, 0.3) is 10.1 Å². The lowest BCUT2D eigenvalue weighted by atomic mass is 10.1. The number of hydrogen-bond donors (Lipinski definition) is 1. The van der Waals surface area contributed by atoms with Crippen molar-refractivity contribution in [1.29, 1.82) is 0 Å². The van der Waals surface area contributed by atoms with E-state index < -0.39 is 22.2 Å². The van der Waals surface area contributed by atoms with Crippen LogP contribution in [-0.2, 0) is 19.1 Å². The molecule has 0 saturated carbocycles. The van der Waals surface area contributed by atoms with Crippen molar-refractivity contribution in [1.82, 2.24) is 5.32 Å². The van der Waals surface area contributed by atoms with E-state index in [1.54, 1.807) is 30.3 Å². The summed E-state index contributed by atoms with van der Waals surface area (Å²) in [7, 11) is -3.71. The second-order valence-electron chi connectivity index (χ2n) is 8.13. The molecule has 164 valence electrons. The highest BCUT2D eigenvalue weighted by Gasteiger charge is 2.23. The van der Waals surface area contributed by atoms with Crippen molar-refractivity contribution >= 4 is 16.1 Å². The van der Waals surface area contributed by atoms with Gasteiger partial charge in [0.05, 0.1) is 6.26 Å². The highest BCUT2D eigenvalue weighted by atomic mass is 32.2. The summed E-state index contributed by atoms with van der Waals surface area (Å²) in [5, 5.41) is 3.25. The van der Waals surface area contributed by atoms with Crippen LogP contribution < -0.4 is 14.8 Å². The number of esters is 1. The van der Waals surface area contributed by atoms with Crippen LogP contribution >= 0.6 is 0 Å². The Kier molecular flexibility index (Phi) is 7.63. The first kappa shape index (κ1) is 23.9. The molecule has 1 N–H and O–H groups in total. The summed E-state index contributed by atoms with van der Waals surface area (Å²) < 4.78 is 40.1. The van der Waals surface area contributed by atoms with E-state index in [0.717, 1.165) is 11.8 Å². The smallest absolute Gasteiger partial charge is 0.308 e. The number of carbonyl (C=O) groups excluding carboxylic acids is 1. The van der Waals surface area contributed by atoms with Crippen molar-refractivity contribution in [2.75, 3.05) is 12.8 Å². The van der Waals surface area contributed by atoms with Gasteiger partial charge in [-0.2, -0.15) is 8.42 Å². The predicted octanol–water partition coefficient (Wildman–Crippen LogP) is 4.12. The zero-order valence-electron chi connectivity index (χ0n) is 18.2. The number of rotatable bonds is 8. The third kappa shape index (κ3) is 8.14. The standard InChI is InChI=1S/C22H29NO6S/c1-15-7-10-18(11-8-15)28-20-13-17(9-12-19(20)27-16(2)24)21(29-30(6,25)26)14-23-22(3,4)5/h7-13,21,23H,14H2,1-6H3. The Morgan fingerprint density at radius 3 is 2.23 bits per heavy atom. The summed E-state index contributed by atoms with van der Waals surface area (Å²) >= 11 is 0. The predicted molar refractivity (Wildman–Crippen MR) is 115 cm³/mol. The second kappa shape index (κ2) is 9.59. The van der Waals surface area contributed by atoms with E-state index in [1.165, 1.54) is 6.92 Å². The average Bonchev–Trinajstić information content (AvgIpc) is 2.60. The largest absolute Gasteiger partial charge is 0.453 e. The van der Waals surface area contributed by atoms with Crippen molar-refractivity contribution < 1.29 is 26.9 Å². The lowest BCUT2D eigenvalue weighted by Crippen LogP contribution is -2.39. The fourth-order valence-electron chi connectivity index (χ4n) is 2.59. The van der Waals surface area contributed by atoms with Gasteiger partial charge in [0.15, 0.2) is 11.5 Å². The first-order chi connectivity index (χ1) is 13.8. The Morgan fingerprint density at radius 1 is 1.07 bits per heavy atom. The Bertz CT molecular complexity index is 978. The van der Waals surface area contributed by atoms with Crippen LogP contribution in [0.25, 0.3) is 0 Å². The van der Waals surface area contributed by atoms with E-state index >= 15 is 0 Å². The molecule has 0 aromatic heterocycles. The zero-order chi connectivity index (χ0) is 22.5. The van der Waals surface area contributed by atoms with Gasteiger partial charge in [0.2, 0.25) is 0 Å². The molecule has 8 heteroatoms. The first-order valence-corrected chi connectivity index (χ1v) is 11.3. The molecule has 0 aliphatic heterocycles. The molecule has 0 fully saturated rings. The lowest BCUT2D eigenvalue weighted by Gasteiger charge is -2.25. The normalized spacial score (nSPS) is 13.0. The van der Waals surface area contributed by atoms with Gasteiger partial charge in [-0.15, -0.1) is 0 Å². The van der Waals surface area contributed by atoms with Crippen LogP contribution in [0.1, 0.15) is 44.9 Å². The molecule has 0 bridgehead atoms. The van der Waals surface area contributed by atoms with Gasteiger partial charge in [-0.1, -0.05) is 23.8 Å². The quantitative estimate of drug-likeness (QED) is 0.379. The number of aryl methyl sites for hydroxylation is 1. The number of hydrogen-bond acceptors (Lipinski definition) is 7. The number of carbonyl (C=O) groups is 1. The molecule has 2 aromatic carbocycles. The topological polar surface area (TPSA) is 90.9 Å². The minimum atomic E-state index is -3.71. The summed E-state index contributed by atoms with van der Waals surface area (Å²) in [6.07, 6.45) is 0.222. The van der Waals surface area contributed by atoms with Crippen LogP contribution in [0.3, 0.4) is 0 Å². The third-order valence-electron chi connectivity index (χ3n) is 3.95. The molecule has 0 aliphatic rings. The van der Waals surface area contributed by atoms with Crippen LogP contribution in [-0.4, -0.2) is 32.7 Å². The molecule has 0 spiro atoms. The zero-order valence-corrected chi connectivity index (χ0v) is 19.0. The molecule has 0 saturated heterocycles. The molecule has 0 radical (unpaired) electrons. The number of benzene rings is 2. The Balaban J connectivity index is 2.42. The van der Waals surface area contributed by atoms with Gasteiger partial charge < -0.3 is 14.8 Å². The molecular weight excluding hydrogens is 406 g/mol. The summed E-state index contributed by atoms with van der Waals surface area (Å²) in [5.74, 6) is 0.576. The molecule has 2 rings (SSSR count). The molecular formula is C22H29NO6S. The van der Waals surface area contributed by atoms with E-state index in [2.05, 4.69) is 5.32 Å². The third-order valence-corrected chi connectivity index (χ3v) is 4.53. The highest BCUT2D eigenvalue weighted by Crippen LogP contribution is 2.35. The van der Waals surface area contributed by atoms with E-state index in [0.29, 0.717) is 11.3 Å². The van der Waals surface area contributed by atoms with Crippen LogP contribution in [0.15, 0.2) is 42.5 Å². The van der Waals surface area contributed by atoms with Crippen molar-refractivity contribution in [3.05, 3.63) is 53.6 Å². The fraction of sp³-hybridized carbons (Fsp3) is 0.409. The van der Waals surface area contributed by atoms with E-state index in [1.807, 2.05) is 39.8 Å². The summed E-state index contributed by atoms with van der Waals surface area (Å²) in [6.45, 7) is 9.44. The van der Waals surface area contributed by atoms with Crippen molar-refractivity contribution in [3.63, 3.8) is 0 Å². The van der Waals surface area contributed by atoms with Crippen LogP contribution in [0.5, 0.6) is 17.2 Å². The van der Waals surface area contributed by atoms with Crippen molar-refractivity contribution in [2.24, 2.45) is 0 Å². The molecule has 30 heavy (non-hydrogen) atoms. The molecule has 1 unspecified atom stereocenters. The SMILES string of the molecule is CC(=O)Oc1ccc(C(CNC(C)(C)C)OS(C)(=O)=O)cc1Oc1ccc(C)cc1. The maximum Gasteiger partial charge on any atom is 0.308 e. The van der Waals surface area contributed by atoms with Gasteiger partial charge >= 0.3 is 5.97 Å². The van der Waals surface area contributed by atoms with E-state index in [4.69, 9.17) is 13.7 Å².